The molecule has 0 aliphatic heterocycles. The standard InChI is InChI=1S/C46H31N3S/c1-4-14-30(15-5-1)32-26-27-39-38(29-32)42-36(23-13-24-40(42)49(39)35-20-8-3-9-21-35)33-18-12-19-34(28-33)45-47-44(31-16-6-2-7-17-31)43-37-22-10-11-25-41(37)50-46(43)48-45/h1-14,16-30H,15H2. The molecule has 0 amide bonds. The van der Waals surface area contributed by atoms with Gasteiger partial charge in [0, 0.05) is 49.0 Å². The Morgan fingerprint density at radius 3 is 2.22 bits per heavy atom. The summed E-state index contributed by atoms with van der Waals surface area (Å²) in [5, 5.41) is 4.84. The van der Waals surface area contributed by atoms with Crippen molar-refractivity contribution >= 4 is 53.4 Å². The zero-order chi connectivity index (χ0) is 33.0. The Bertz CT molecular complexity index is 2790. The molecular formula is C46H31N3S. The number of benzene rings is 6. The maximum absolute atomic E-state index is 5.30. The average molecular weight is 658 g/mol. The van der Waals surface area contributed by atoms with Gasteiger partial charge in [-0.3, -0.25) is 0 Å². The molecule has 0 saturated carbocycles. The van der Waals surface area contributed by atoms with E-state index in [2.05, 4.69) is 174 Å². The summed E-state index contributed by atoms with van der Waals surface area (Å²) in [5.41, 5.74) is 10.3. The molecule has 3 heterocycles. The number of rotatable bonds is 5. The monoisotopic (exact) mass is 657 g/mol. The van der Waals surface area contributed by atoms with Gasteiger partial charge >= 0.3 is 0 Å². The van der Waals surface area contributed by atoms with E-state index < -0.39 is 0 Å². The molecule has 1 aliphatic carbocycles. The molecule has 50 heavy (non-hydrogen) atoms. The van der Waals surface area contributed by atoms with Crippen molar-refractivity contribution in [2.24, 2.45) is 0 Å². The summed E-state index contributed by atoms with van der Waals surface area (Å²) in [7, 11) is 0. The molecule has 0 saturated heterocycles. The van der Waals surface area contributed by atoms with Crippen molar-refractivity contribution < 1.29 is 0 Å². The van der Waals surface area contributed by atoms with E-state index in [1.54, 1.807) is 11.3 Å². The summed E-state index contributed by atoms with van der Waals surface area (Å²) in [6.07, 6.45) is 9.92. The van der Waals surface area contributed by atoms with Gasteiger partial charge in [-0.25, -0.2) is 9.97 Å². The highest BCUT2D eigenvalue weighted by molar-refractivity contribution is 7.25. The van der Waals surface area contributed by atoms with Crippen molar-refractivity contribution in [2.75, 3.05) is 0 Å². The van der Waals surface area contributed by atoms with Crippen molar-refractivity contribution in [2.45, 2.75) is 12.3 Å². The number of para-hydroxylation sites is 1. The van der Waals surface area contributed by atoms with Crippen LogP contribution in [-0.2, 0) is 0 Å². The Kier molecular flexibility index (Phi) is 6.81. The first-order valence-electron chi connectivity index (χ1n) is 17.1. The van der Waals surface area contributed by atoms with Crippen molar-refractivity contribution in [1.82, 2.24) is 14.5 Å². The maximum atomic E-state index is 5.30. The Morgan fingerprint density at radius 2 is 1.36 bits per heavy atom. The number of hydrogen-bond acceptors (Lipinski definition) is 3. The van der Waals surface area contributed by atoms with E-state index in [1.165, 1.54) is 43.0 Å². The minimum atomic E-state index is 0.370. The maximum Gasteiger partial charge on any atom is 0.161 e. The second kappa shape index (κ2) is 11.8. The molecule has 4 heteroatoms. The lowest BCUT2D eigenvalue weighted by atomic mass is 9.91. The molecule has 3 nitrogen and oxygen atoms in total. The molecule has 0 radical (unpaired) electrons. The van der Waals surface area contributed by atoms with Crippen LogP contribution < -0.4 is 0 Å². The summed E-state index contributed by atoms with van der Waals surface area (Å²) in [5.74, 6) is 1.11. The molecule has 1 atom stereocenters. The summed E-state index contributed by atoms with van der Waals surface area (Å²) in [6.45, 7) is 0. The first kappa shape index (κ1) is 28.9. The molecule has 1 unspecified atom stereocenters. The Balaban J connectivity index is 1.19. The van der Waals surface area contributed by atoms with Crippen LogP contribution in [0.2, 0.25) is 0 Å². The molecule has 0 fully saturated rings. The molecule has 0 spiro atoms. The first-order valence-corrected chi connectivity index (χ1v) is 17.9. The van der Waals surface area contributed by atoms with E-state index >= 15 is 0 Å². The van der Waals surface area contributed by atoms with Gasteiger partial charge in [0.05, 0.1) is 16.7 Å². The van der Waals surface area contributed by atoms with Crippen LogP contribution in [0.25, 0.3) is 81.6 Å². The summed E-state index contributed by atoms with van der Waals surface area (Å²) in [4.78, 5) is 11.5. The molecule has 6 aromatic carbocycles. The minimum absolute atomic E-state index is 0.370. The molecular weight excluding hydrogens is 627 g/mol. The quantitative estimate of drug-likeness (QED) is 0.184. The smallest absolute Gasteiger partial charge is 0.161 e. The van der Waals surface area contributed by atoms with Gasteiger partial charge < -0.3 is 4.57 Å². The predicted octanol–water partition coefficient (Wildman–Crippen LogP) is 12.5. The van der Waals surface area contributed by atoms with Crippen molar-refractivity contribution in [3.8, 4) is 39.5 Å². The highest BCUT2D eigenvalue weighted by atomic mass is 32.1. The van der Waals surface area contributed by atoms with E-state index in [1.807, 2.05) is 0 Å². The van der Waals surface area contributed by atoms with Crippen LogP contribution in [0.15, 0.2) is 170 Å². The third kappa shape index (κ3) is 4.72. The summed E-state index contributed by atoms with van der Waals surface area (Å²) >= 11 is 1.73. The van der Waals surface area contributed by atoms with Crippen LogP contribution in [-0.4, -0.2) is 14.5 Å². The van der Waals surface area contributed by atoms with Gasteiger partial charge in [-0.05, 0) is 65.6 Å². The highest BCUT2D eigenvalue weighted by Gasteiger charge is 2.20. The Hall–Kier alpha value is -6.10. The topological polar surface area (TPSA) is 30.7 Å². The van der Waals surface area contributed by atoms with Crippen LogP contribution in [0.4, 0.5) is 0 Å². The molecule has 10 rings (SSSR count). The largest absolute Gasteiger partial charge is 0.309 e. The van der Waals surface area contributed by atoms with E-state index in [-0.39, 0.29) is 0 Å². The lowest BCUT2D eigenvalue weighted by Crippen LogP contribution is -1.97. The Labute approximate surface area is 294 Å². The van der Waals surface area contributed by atoms with Crippen LogP contribution >= 0.6 is 11.3 Å². The Morgan fingerprint density at radius 1 is 0.580 bits per heavy atom. The van der Waals surface area contributed by atoms with E-state index in [4.69, 9.17) is 9.97 Å². The van der Waals surface area contributed by atoms with Crippen molar-refractivity contribution in [3.63, 3.8) is 0 Å². The SMILES string of the molecule is C1=CCC(c2ccc3c(c2)c2c(-c4cccc(-c5nc(-c6ccccc6)c6c(n5)sc5ccccc56)c4)cccc2n3-c2ccccc2)C=C1. The molecule has 0 N–H and O–H groups in total. The number of fused-ring (bicyclic) bond motifs is 6. The van der Waals surface area contributed by atoms with Crippen LogP contribution in [0.3, 0.4) is 0 Å². The van der Waals surface area contributed by atoms with Gasteiger partial charge in [0.1, 0.15) is 4.83 Å². The van der Waals surface area contributed by atoms with Crippen molar-refractivity contribution in [1.29, 1.82) is 0 Å². The molecule has 1 aliphatic rings. The third-order valence-electron chi connectivity index (χ3n) is 9.96. The van der Waals surface area contributed by atoms with Crippen LogP contribution in [0.1, 0.15) is 17.9 Å². The fourth-order valence-electron chi connectivity index (χ4n) is 7.63. The van der Waals surface area contributed by atoms with E-state index in [9.17, 15) is 0 Å². The van der Waals surface area contributed by atoms with Gasteiger partial charge in [0.2, 0.25) is 0 Å². The molecule has 3 aromatic heterocycles. The highest BCUT2D eigenvalue weighted by Crippen LogP contribution is 2.42. The van der Waals surface area contributed by atoms with Crippen LogP contribution in [0, 0.1) is 0 Å². The van der Waals surface area contributed by atoms with E-state index in [0.717, 1.165) is 50.5 Å². The van der Waals surface area contributed by atoms with Gasteiger partial charge in [-0.15, -0.1) is 11.3 Å². The van der Waals surface area contributed by atoms with Gasteiger partial charge in [0.25, 0.3) is 0 Å². The number of thiophene rings is 1. The number of aromatic nitrogens is 3. The van der Waals surface area contributed by atoms with Gasteiger partial charge in [-0.1, -0.05) is 127 Å². The molecule has 0 bridgehead atoms. The lowest BCUT2D eigenvalue weighted by molar-refractivity contribution is 0.855. The summed E-state index contributed by atoms with van der Waals surface area (Å²) in [6, 6.07) is 52.3. The third-order valence-corrected chi connectivity index (χ3v) is 11.0. The zero-order valence-corrected chi connectivity index (χ0v) is 28.0. The average Bonchev–Trinajstić information content (AvgIpc) is 3.74. The second-order valence-corrected chi connectivity index (χ2v) is 14.0. The fraction of sp³-hybridized carbons (Fsp3) is 0.0435. The normalized spacial score (nSPS) is 14.4. The lowest BCUT2D eigenvalue weighted by Gasteiger charge is -2.14. The van der Waals surface area contributed by atoms with E-state index in [0.29, 0.717) is 5.92 Å². The summed E-state index contributed by atoms with van der Waals surface area (Å²) < 4.78 is 3.63. The van der Waals surface area contributed by atoms with Crippen LogP contribution in [0.5, 0.6) is 0 Å². The van der Waals surface area contributed by atoms with Crippen molar-refractivity contribution in [3.05, 3.63) is 175 Å². The fourth-order valence-corrected chi connectivity index (χ4v) is 8.70. The first-order chi connectivity index (χ1) is 24.8. The number of allylic oxidation sites excluding steroid dienone is 4. The molecule has 236 valence electrons. The minimum Gasteiger partial charge on any atom is -0.309 e. The van der Waals surface area contributed by atoms with Gasteiger partial charge in [-0.2, -0.15) is 0 Å². The molecule has 9 aromatic rings. The number of nitrogens with zero attached hydrogens (tertiary/aromatic N) is 3. The number of hydrogen-bond donors (Lipinski definition) is 0. The predicted molar refractivity (Wildman–Crippen MR) is 211 cm³/mol. The van der Waals surface area contributed by atoms with Gasteiger partial charge in [0.15, 0.2) is 5.82 Å². The zero-order valence-electron chi connectivity index (χ0n) is 27.2. The second-order valence-electron chi connectivity index (χ2n) is 12.9.